The van der Waals surface area contributed by atoms with E-state index in [1.165, 1.54) is 0 Å². The lowest BCUT2D eigenvalue weighted by Gasteiger charge is -2.33. The molecule has 0 aliphatic carbocycles. The molecule has 1 unspecified atom stereocenters. The van der Waals surface area contributed by atoms with Gasteiger partial charge in [-0.05, 0) is 23.7 Å². The first-order valence-corrected chi connectivity index (χ1v) is 11.5. The number of ether oxygens (including phenoxy) is 2. The van der Waals surface area contributed by atoms with Gasteiger partial charge in [0.2, 0.25) is 6.29 Å². The molecule has 5 nitrogen and oxygen atoms in total. The molecule has 2 rings (SSSR count). The fourth-order valence-corrected chi connectivity index (χ4v) is 5.55. The number of methoxy groups -OCH3 is 1. The third-order valence-electron chi connectivity index (χ3n) is 4.76. The molecule has 1 aromatic heterocycles. The number of aromatic nitrogens is 2. The zero-order valence-corrected chi connectivity index (χ0v) is 16.8. The smallest absolute Gasteiger partial charge is 0.208 e. The quantitative estimate of drug-likeness (QED) is 0.428. The third kappa shape index (κ3) is 5.25. The number of nitrogens with zero attached hydrogens (tertiary/aromatic N) is 2. The number of rotatable bonds is 11. The van der Waals surface area contributed by atoms with Crippen LogP contribution < -0.4 is 0 Å². The molecule has 1 aromatic carbocycles. The summed E-state index contributed by atoms with van der Waals surface area (Å²) < 4.78 is 20.0. The van der Waals surface area contributed by atoms with E-state index in [0.717, 1.165) is 29.5 Å². The van der Waals surface area contributed by atoms with Gasteiger partial charge in [-0.25, -0.2) is 4.98 Å². The molecule has 0 saturated carbocycles. The summed E-state index contributed by atoms with van der Waals surface area (Å²) in [4.78, 5) is 4.49. The van der Waals surface area contributed by atoms with Crippen molar-refractivity contribution in [3.63, 3.8) is 0 Å². The Bertz CT molecular complexity index is 606. The van der Waals surface area contributed by atoms with Crippen LogP contribution in [0.15, 0.2) is 42.7 Å². The first kappa shape index (κ1) is 19.8. The van der Waals surface area contributed by atoms with Gasteiger partial charge in [-0.15, -0.1) is 0 Å². The molecular formula is C19H30N2O3Si. The maximum absolute atomic E-state index is 6.62. The lowest BCUT2D eigenvalue weighted by Crippen LogP contribution is -2.38. The molecule has 0 spiro atoms. The molecule has 0 amide bonds. The molecule has 0 fully saturated rings. The van der Waals surface area contributed by atoms with Crippen LogP contribution in [0.3, 0.4) is 0 Å². The fourth-order valence-electron chi connectivity index (χ4n) is 2.92. The Morgan fingerprint density at radius 1 is 1.08 bits per heavy atom. The molecule has 0 bridgehead atoms. The Labute approximate surface area is 152 Å². The Morgan fingerprint density at radius 2 is 1.76 bits per heavy atom. The van der Waals surface area contributed by atoms with E-state index in [9.17, 15) is 0 Å². The summed E-state index contributed by atoms with van der Waals surface area (Å²) in [5.74, 6) is 0.769. The zero-order chi connectivity index (χ0) is 18.1. The summed E-state index contributed by atoms with van der Waals surface area (Å²) in [6, 6.07) is 13.4. The first-order chi connectivity index (χ1) is 12.2. The van der Waals surface area contributed by atoms with Crippen molar-refractivity contribution in [3.8, 4) is 0 Å². The van der Waals surface area contributed by atoms with Gasteiger partial charge in [0, 0.05) is 19.5 Å². The summed E-state index contributed by atoms with van der Waals surface area (Å²) >= 11 is 0. The van der Waals surface area contributed by atoms with Crippen molar-refractivity contribution in [2.24, 2.45) is 0 Å². The van der Waals surface area contributed by atoms with Crippen LogP contribution in [0.5, 0.6) is 0 Å². The predicted octanol–water partition coefficient (Wildman–Crippen LogP) is 4.72. The lowest BCUT2D eigenvalue weighted by molar-refractivity contribution is -0.109. The van der Waals surface area contributed by atoms with Crippen LogP contribution in [0.25, 0.3) is 0 Å². The minimum Gasteiger partial charge on any atom is -0.387 e. The topological polar surface area (TPSA) is 45.5 Å². The predicted molar refractivity (Wildman–Crippen MR) is 101 cm³/mol. The highest BCUT2D eigenvalue weighted by Crippen LogP contribution is 2.30. The maximum atomic E-state index is 6.62. The van der Waals surface area contributed by atoms with Gasteiger partial charge in [0.05, 0.1) is 6.61 Å². The van der Waals surface area contributed by atoms with Crippen LogP contribution >= 0.6 is 0 Å². The zero-order valence-electron chi connectivity index (χ0n) is 15.8. The Hall–Kier alpha value is -1.47. The third-order valence-corrected chi connectivity index (χ3v) is 9.34. The van der Waals surface area contributed by atoms with Crippen molar-refractivity contribution in [1.29, 1.82) is 0 Å². The summed E-state index contributed by atoms with van der Waals surface area (Å²) in [6.07, 6.45) is 3.19. The molecule has 6 heteroatoms. The van der Waals surface area contributed by atoms with Crippen molar-refractivity contribution in [1.82, 2.24) is 9.55 Å². The van der Waals surface area contributed by atoms with Crippen molar-refractivity contribution in [2.45, 2.75) is 58.5 Å². The number of hydrogen-bond acceptors (Lipinski definition) is 4. The van der Waals surface area contributed by atoms with Gasteiger partial charge in [-0.3, -0.25) is 0 Å². The summed E-state index contributed by atoms with van der Waals surface area (Å²) in [6.45, 7) is 7.58. The highest BCUT2D eigenvalue weighted by atomic mass is 28.4. The Kier molecular flexibility index (Phi) is 7.83. The van der Waals surface area contributed by atoms with E-state index in [1.54, 1.807) is 13.3 Å². The summed E-state index contributed by atoms with van der Waals surface area (Å²) in [5.41, 5.74) is 1.12. The molecular weight excluding hydrogens is 332 g/mol. The minimum atomic E-state index is -1.84. The molecule has 0 radical (unpaired) electrons. The van der Waals surface area contributed by atoms with Crippen molar-refractivity contribution < 1.29 is 13.9 Å². The SMILES string of the molecule is CC[Si](CC)(CC)OC(OCc1ccccc1)c1nccn1COC. The highest BCUT2D eigenvalue weighted by molar-refractivity contribution is 6.73. The normalized spacial score (nSPS) is 13.1. The maximum Gasteiger partial charge on any atom is 0.208 e. The van der Waals surface area contributed by atoms with Gasteiger partial charge in [-0.2, -0.15) is 0 Å². The van der Waals surface area contributed by atoms with Crippen LogP contribution in [0, 0.1) is 0 Å². The molecule has 25 heavy (non-hydrogen) atoms. The van der Waals surface area contributed by atoms with Crippen LogP contribution in [0.4, 0.5) is 0 Å². The second-order valence-corrected chi connectivity index (χ2v) is 10.9. The number of benzene rings is 1. The van der Waals surface area contributed by atoms with Crippen LogP contribution in [-0.4, -0.2) is 25.0 Å². The standard InChI is InChI=1S/C19H30N2O3Si/c1-5-25(6-2,7-3)24-19(18-20-13-14-21(18)16-22-4)23-15-17-11-9-8-10-12-17/h8-14,19H,5-7,15-16H2,1-4H3. The van der Waals surface area contributed by atoms with Crippen LogP contribution in [0.1, 0.15) is 38.4 Å². The second kappa shape index (κ2) is 9.87. The number of hydrogen-bond donors (Lipinski definition) is 0. The summed E-state index contributed by atoms with van der Waals surface area (Å²) in [5, 5.41) is 0. The lowest BCUT2D eigenvalue weighted by atomic mass is 10.2. The van der Waals surface area contributed by atoms with Gasteiger partial charge in [-0.1, -0.05) is 51.1 Å². The van der Waals surface area contributed by atoms with Gasteiger partial charge >= 0.3 is 0 Å². The van der Waals surface area contributed by atoms with E-state index < -0.39 is 14.6 Å². The van der Waals surface area contributed by atoms with Crippen molar-refractivity contribution >= 4 is 8.32 Å². The fraction of sp³-hybridized carbons (Fsp3) is 0.526. The van der Waals surface area contributed by atoms with Crippen molar-refractivity contribution in [3.05, 3.63) is 54.1 Å². The van der Waals surface area contributed by atoms with Gasteiger partial charge in [0.1, 0.15) is 6.73 Å². The summed E-state index contributed by atoms with van der Waals surface area (Å²) in [7, 11) is -0.166. The molecule has 2 aromatic rings. The molecule has 1 atom stereocenters. The monoisotopic (exact) mass is 362 g/mol. The van der Waals surface area contributed by atoms with Gasteiger partial charge in [0.15, 0.2) is 14.1 Å². The average Bonchev–Trinajstić information content (AvgIpc) is 3.12. The Morgan fingerprint density at radius 3 is 2.36 bits per heavy atom. The molecule has 0 N–H and O–H groups in total. The van der Waals surface area contributed by atoms with E-state index in [2.05, 4.69) is 37.9 Å². The molecule has 0 saturated heterocycles. The highest BCUT2D eigenvalue weighted by Gasteiger charge is 2.34. The molecule has 0 aliphatic rings. The van der Waals surface area contributed by atoms with E-state index in [-0.39, 0.29) is 0 Å². The van der Waals surface area contributed by atoms with Gasteiger partial charge < -0.3 is 18.5 Å². The largest absolute Gasteiger partial charge is 0.387 e. The van der Waals surface area contributed by atoms with Crippen molar-refractivity contribution in [2.75, 3.05) is 7.11 Å². The van der Waals surface area contributed by atoms with Crippen LogP contribution in [-0.2, 0) is 27.2 Å². The minimum absolute atomic E-state index is 0.433. The second-order valence-electron chi connectivity index (χ2n) is 6.16. The van der Waals surface area contributed by atoms with E-state index in [4.69, 9.17) is 13.9 Å². The average molecular weight is 363 g/mol. The number of imidazole rings is 1. The van der Waals surface area contributed by atoms with E-state index >= 15 is 0 Å². The van der Waals surface area contributed by atoms with Crippen LogP contribution in [0.2, 0.25) is 18.1 Å². The van der Waals surface area contributed by atoms with E-state index in [1.807, 2.05) is 29.0 Å². The molecule has 1 heterocycles. The van der Waals surface area contributed by atoms with Gasteiger partial charge in [0.25, 0.3) is 0 Å². The molecule has 0 aliphatic heterocycles. The molecule has 138 valence electrons. The first-order valence-electron chi connectivity index (χ1n) is 9.01. The van der Waals surface area contributed by atoms with E-state index in [0.29, 0.717) is 13.3 Å². The Balaban J connectivity index is 2.22.